The summed E-state index contributed by atoms with van der Waals surface area (Å²) >= 11 is 0. The zero-order valence-corrected chi connectivity index (χ0v) is 16.4. The predicted molar refractivity (Wildman–Crippen MR) is 99.8 cm³/mol. The van der Waals surface area contributed by atoms with Crippen LogP contribution in [-0.4, -0.2) is 0 Å². The van der Waals surface area contributed by atoms with Gasteiger partial charge >= 0.3 is 0 Å². The monoisotopic (exact) mass is 304 g/mol. The largest absolute Gasteiger partial charge is 0.133 e. The summed E-state index contributed by atoms with van der Waals surface area (Å²) in [5.74, 6) is 5.71. The van der Waals surface area contributed by atoms with Crippen molar-refractivity contribution in [3.63, 3.8) is 0 Å². The Morgan fingerprint density at radius 1 is 1.18 bits per heavy atom. The average Bonchev–Trinajstić information content (AvgIpc) is 3.04. The summed E-state index contributed by atoms with van der Waals surface area (Å²) in [5, 5.41) is 0. The summed E-state index contributed by atoms with van der Waals surface area (Å²) in [6.45, 7) is 23.2. The zero-order valence-electron chi connectivity index (χ0n) is 16.4. The van der Waals surface area contributed by atoms with Crippen LogP contribution in [0.25, 0.3) is 0 Å². The molecule has 1 saturated carbocycles. The first-order valence-corrected chi connectivity index (χ1v) is 9.51. The van der Waals surface area contributed by atoms with Crippen molar-refractivity contribution in [2.75, 3.05) is 0 Å². The number of hydrogen-bond donors (Lipinski definition) is 0. The zero-order chi connectivity index (χ0) is 17.1. The van der Waals surface area contributed by atoms with Gasteiger partial charge in [0.05, 0.1) is 0 Å². The third-order valence-corrected chi connectivity index (χ3v) is 7.06. The van der Waals surface area contributed by atoms with E-state index in [0.717, 1.165) is 41.4 Å². The third-order valence-electron chi connectivity index (χ3n) is 7.06. The van der Waals surface area contributed by atoms with Crippen LogP contribution in [0.15, 0.2) is 18.4 Å². The molecular weight excluding hydrogens is 264 g/mol. The van der Waals surface area contributed by atoms with E-state index >= 15 is 0 Å². The van der Waals surface area contributed by atoms with Crippen LogP contribution in [0.3, 0.4) is 0 Å². The van der Waals surface area contributed by atoms with E-state index in [9.17, 15) is 0 Å². The number of rotatable bonds is 9. The molecule has 1 fully saturated rings. The lowest BCUT2D eigenvalue weighted by Gasteiger charge is -2.40. The maximum Gasteiger partial charge on any atom is -0.00979 e. The molecule has 0 aromatic heterocycles. The molecule has 1 rings (SSSR count). The maximum absolute atomic E-state index is 3.73. The maximum atomic E-state index is 3.73. The second-order valence-corrected chi connectivity index (χ2v) is 9.04. The molecule has 7 unspecified atom stereocenters. The fraction of sp³-hybridized carbons (Fsp3) is 0.864. The Labute approximate surface area is 140 Å². The standard InChI is InChI=1S/C22H40/c1-10-12-20-18(6)21(20)13-15(3)14-22(8,9)19(7)17(5)16(4)11-2/h12,15-21H,1,11,13-14H2,2-9H3. The normalized spacial score (nSPS) is 30.1. The van der Waals surface area contributed by atoms with Crippen LogP contribution in [0.2, 0.25) is 0 Å². The molecule has 0 heterocycles. The fourth-order valence-electron chi connectivity index (χ4n) is 4.57. The second-order valence-electron chi connectivity index (χ2n) is 9.04. The average molecular weight is 305 g/mol. The first-order valence-electron chi connectivity index (χ1n) is 9.51. The molecule has 128 valence electrons. The Morgan fingerprint density at radius 2 is 1.77 bits per heavy atom. The molecule has 1 aliphatic rings. The van der Waals surface area contributed by atoms with E-state index in [0.29, 0.717) is 5.41 Å². The van der Waals surface area contributed by atoms with Crippen LogP contribution >= 0.6 is 0 Å². The van der Waals surface area contributed by atoms with Gasteiger partial charge in [0.1, 0.15) is 0 Å². The highest BCUT2D eigenvalue weighted by molar-refractivity contribution is 5.05. The lowest BCUT2D eigenvalue weighted by atomic mass is 9.65. The summed E-state index contributed by atoms with van der Waals surface area (Å²) in [7, 11) is 0. The molecule has 0 heteroatoms. The van der Waals surface area contributed by atoms with Crippen LogP contribution in [0.1, 0.15) is 74.7 Å². The summed E-state index contributed by atoms with van der Waals surface area (Å²) in [5.41, 5.74) is 3.42. The first-order chi connectivity index (χ1) is 10.2. The Kier molecular flexibility index (Phi) is 7.00. The van der Waals surface area contributed by atoms with Gasteiger partial charge in [-0.1, -0.05) is 68.4 Å². The van der Waals surface area contributed by atoms with Crippen LogP contribution in [0.4, 0.5) is 0 Å². The highest BCUT2D eigenvalue weighted by Crippen LogP contribution is 2.52. The number of allylic oxidation sites excluding steroid dienone is 1. The van der Waals surface area contributed by atoms with Crippen molar-refractivity contribution in [1.29, 1.82) is 0 Å². The summed E-state index contributed by atoms with van der Waals surface area (Å²) in [6.07, 6.45) is 6.22. The SMILES string of the molecule is C=C=CC1C(C)C1CC(C)CC(C)(C)C(C)C(C)C(C)CC. The lowest BCUT2D eigenvalue weighted by molar-refractivity contribution is 0.0975. The van der Waals surface area contributed by atoms with Gasteiger partial charge in [-0.05, 0) is 65.8 Å². The van der Waals surface area contributed by atoms with E-state index in [1.807, 2.05) is 0 Å². The van der Waals surface area contributed by atoms with Gasteiger partial charge < -0.3 is 0 Å². The van der Waals surface area contributed by atoms with Gasteiger partial charge in [0.2, 0.25) is 0 Å². The molecule has 0 N–H and O–H groups in total. The molecule has 0 amide bonds. The Bertz CT molecular complexity index is 385. The van der Waals surface area contributed by atoms with Crippen molar-refractivity contribution in [2.24, 2.45) is 46.8 Å². The molecule has 0 aliphatic heterocycles. The topological polar surface area (TPSA) is 0 Å². The van der Waals surface area contributed by atoms with E-state index in [1.165, 1.54) is 19.3 Å². The van der Waals surface area contributed by atoms with E-state index in [2.05, 4.69) is 73.8 Å². The van der Waals surface area contributed by atoms with Crippen molar-refractivity contribution in [3.05, 3.63) is 18.4 Å². The Hall–Kier alpha value is -0.480. The van der Waals surface area contributed by atoms with Crippen molar-refractivity contribution >= 4 is 0 Å². The predicted octanol–water partition coefficient (Wildman–Crippen LogP) is 6.97. The second kappa shape index (κ2) is 7.87. The highest BCUT2D eigenvalue weighted by atomic mass is 14.5. The lowest BCUT2D eigenvalue weighted by Crippen LogP contribution is -2.31. The van der Waals surface area contributed by atoms with Crippen molar-refractivity contribution in [1.82, 2.24) is 0 Å². The first kappa shape index (κ1) is 19.6. The molecule has 0 spiro atoms. The van der Waals surface area contributed by atoms with Crippen LogP contribution in [0.5, 0.6) is 0 Å². The van der Waals surface area contributed by atoms with Gasteiger partial charge in [-0.3, -0.25) is 0 Å². The molecule has 1 aliphatic carbocycles. The summed E-state index contributed by atoms with van der Waals surface area (Å²) < 4.78 is 0. The molecular formula is C22H40. The van der Waals surface area contributed by atoms with Crippen LogP contribution < -0.4 is 0 Å². The van der Waals surface area contributed by atoms with E-state index in [4.69, 9.17) is 0 Å². The van der Waals surface area contributed by atoms with E-state index in [1.54, 1.807) is 0 Å². The minimum absolute atomic E-state index is 0.435. The molecule has 0 saturated heterocycles. The van der Waals surface area contributed by atoms with Crippen LogP contribution in [-0.2, 0) is 0 Å². The van der Waals surface area contributed by atoms with Crippen molar-refractivity contribution in [2.45, 2.75) is 74.7 Å². The van der Waals surface area contributed by atoms with Gasteiger partial charge in [0.15, 0.2) is 0 Å². The van der Waals surface area contributed by atoms with E-state index < -0.39 is 0 Å². The molecule has 0 aromatic rings. The van der Waals surface area contributed by atoms with Crippen LogP contribution in [0, 0.1) is 46.8 Å². The van der Waals surface area contributed by atoms with Crippen molar-refractivity contribution < 1.29 is 0 Å². The smallest absolute Gasteiger partial charge is 0.00979 e. The minimum Gasteiger partial charge on any atom is -0.133 e. The van der Waals surface area contributed by atoms with Crippen molar-refractivity contribution in [3.8, 4) is 0 Å². The quantitative estimate of drug-likeness (QED) is 0.403. The molecule has 0 bridgehead atoms. The fourth-order valence-corrected chi connectivity index (χ4v) is 4.57. The Morgan fingerprint density at radius 3 is 2.27 bits per heavy atom. The van der Waals surface area contributed by atoms with Gasteiger partial charge in [-0.2, -0.15) is 0 Å². The molecule has 22 heavy (non-hydrogen) atoms. The molecule has 0 radical (unpaired) electrons. The summed E-state index contributed by atoms with van der Waals surface area (Å²) in [4.78, 5) is 0. The number of hydrogen-bond acceptors (Lipinski definition) is 0. The molecule has 0 aromatic carbocycles. The van der Waals surface area contributed by atoms with Gasteiger partial charge in [-0.15, -0.1) is 5.73 Å². The van der Waals surface area contributed by atoms with Gasteiger partial charge in [0, 0.05) is 0 Å². The minimum atomic E-state index is 0.435. The Balaban J connectivity index is 2.55. The van der Waals surface area contributed by atoms with E-state index in [-0.39, 0.29) is 0 Å². The molecule has 7 atom stereocenters. The van der Waals surface area contributed by atoms with Gasteiger partial charge in [0.25, 0.3) is 0 Å². The van der Waals surface area contributed by atoms with Gasteiger partial charge in [-0.25, -0.2) is 0 Å². The molecule has 0 nitrogen and oxygen atoms in total. The highest BCUT2D eigenvalue weighted by Gasteiger charge is 2.45. The third kappa shape index (κ3) is 4.76. The summed E-state index contributed by atoms with van der Waals surface area (Å²) in [6, 6.07) is 0.